The highest BCUT2D eigenvalue weighted by Crippen LogP contribution is 2.09. The molecule has 2 aromatic rings. The molecule has 96 valence electrons. The lowest BCUT2D eigenvalue weighted by Crippen LogP contribution is -2.05. The molecule has 0 aliphatic carbocycles. The molecule has 0 atom stereocenters. The van der Waals surface area contributed by atoms with E-state index in [2.05, 4.69) is 9.97 Å². The summed E-state index contributed by atoms with van der Waals surface area (Å²) < 4.78 is 4.93. The van der Waals surface area contributed by atoms with Gasteiger partial charge in [-0.3, -0.25) is 9.97 Å². The molecule has 0 saturated heterocycles. The maximum atomic E-state index is 11.6. The third kappa shape index (κ3) is 3.74. The summed E-state index contributed by atoms with van der Waals surface area (Å²) in [6, 6.07) is 5.56. The number of pyridine rings is 2. The van der Waals surface area contributed by atoms with Gasteiger partial charge in [0.2, 0.25) is 0 Å². The van der Waals surface area contributed by atoms with Crippen LogP contribution in [-0.2, 0) is 4.74 Å². The quantitative estimate of drug-likeness (QED) is 0.787. The fourth-order valence-corrected chi connectivity index (χ4v) is 1.54. The zero-order chi connectivity index (χ0) is 13.5. The van der Waals surface area contributed by atoms with Crippen molar-refractivity contribution in [1.29, 1.82) is 0 Å². The van der Waals surface area contributed by atoms with Crippen LogP contribution in [0.25, 0.3) is 12.2 Å². The molecule has 0 saturated carbocycles. The molecule has 0 aliphatic rings. The SMILES string of the molecule is CCOC(=O)c1cncc(C=Cc2ccncc2)c1. The summed E-state index contributed by atoms with van der Waals surface area (Å²) in [6.07, 6.45) is 10.5. The molecule has 4 nitrogen and oxygen atoms in total. The Bertz CT molecular complexity index is 580. The lowest BCUT2D eigenvalue weighted by atomic mass is 10.1. The first kappa shape index (κ1) is 13.0. The molecule has 4 heteroatoms. The second kappa shape index (κ2) is 6.44. The predicted octanol–water partition coefficient (Wildman–Crippen LogP) is 2.82. The van der Waals surface area contributed by atoms with E-state index >= 15 is 0 Å². The summed E-state index contributed by atoms with van der Waals surface area (Å²) in [7, 11) is 0. The van der Waals surface area contributed by atoms with Gasteiger partial charge in [-0.25, -0.2) is 4.79 Å². The molecule has 0 aliphatic heterocycles. The van der Waals surface area contributed by atoms with Crippen LogP contribution in [0.2, 0.25) is 0 Å². The molecule has 0 unspecified atom stereocenters. The number of carbonyl (C=O) groups excluding carboxylic acids is 1. The second-order valence-corrected chi connectivity index (χ2v) is 3.84. The Kier molecular flexibility index (Phi) is 4.39. The summed E-state index contributed by atoms with van der Waals surface area (Å²) in [5.41, 5.74) is 2.35. The van der Waals surface area contributed by atoms with Crippen LogP contribution in [0.15, 0.2) is 43.0 Å². The maximum absolute atomic E-state index is 11.6. The van der Waals surface area contributed by atoms with Crippen molar-refractivity contribution >= 4 is 18.1 Å². The van der Waals surface area contributed by atoms with Gasteiger partial charge in [0, 0.05) is 24.8 Å². The van der Waals surface area contributed by atoms with Crippen LogP contribution < -0.4 is 0 Å². The summed E-state index contributed by atoms with van der Waals surface area (Å²) in [4.78, 5) is 19.6. The molecule has 0 radical (unpaired) electrons. The monoisotopic (exact) mass is 254 g/mol. The Morgan fingerprint density at radius 1 is 1.16 bits per heavy atom. The molecule has 0 bridgehead atoms. The van der Waals surface area contributed by atoms with Crippen LogP contribution in [0.1, 0.15) is 28.4 Å². The highest BCUT2D eigenvalue weighted by molar-refractivity contribution is 5.90. The Labute approximate surface area is 111 Å². The molecule has 0 spiro atoms. The summed E-state index contributed by atoms with van der Waals surface area (Å²) in [5, 5.41) is 0. The van der Waals surface area contributed by atoms with Crippen molar-refractivity contribution in [2.24, 2.45) is 0 Å². The van der Waals surface area contributed by atoms with E-state index in [0.29, 0.717) is 12.2 Å². The van der Waals surface area contributed by atoms with Gasteiger partial charge < -0.3 is 4.74 Å². The molecular formula is C15H14N2O2. The normalized spacial score (nSPS) is 10.6. The molecule has 2 heterocycles. The van der Waals surface area contributed by atoms with Crippen LogP contribution in [0, 0.1) is 0 Å². The van der Waals surface area contributed by atoms with Crippen LogP contribution in [0.4, 0.5) is 0 Å². The Hall–Kier alpha value is -2.49. The lowest BCUT2D eigenvalue weighted by Gasteiger charge is -2.01. The number of hydrogen-bond donors (Lipinski definition) is 0. The van der Waals surface area contributed by atoms with Crippen molar-refractivity contribution in [2.75, 3.05) is 6.61 Å². The third-order valence-corrected chi connectivity index (χ3v) is 2.44. The second-order valence-electron chi connectivity index (χ2n) is 3.84. The minimum absolute atomic E-state index is 0.353. The molecule has 2 rings (SSSR count). The van der Waals surface area contributed by atoms with E-state index in [4.69, 9.17) is 4.74 Å². The van der Waals surface area contributed by atoms with Gasteiger partial charge in [0.05, 0.1) is 12.2 Å². The number of carbonyl (C=O) groups is 1. The molecule has 2 aromatic heterocycles. The van der Waals surface area contributed by atoms with E-state index in [0.717, 1.165) is 11.1 Å². The number of rotatable bonds is 4. The van der Waals surface area contributed by atoms with Crippen LogP contribution in [-0.4, -0.2) is 22.5 Å². The maximum Gasteiger partial charge on any atom is 0.339 e. The lowest BCUT2D eigenvalue weighted by molar-refractivity contribution is 0.0526. The summed E-state index contributed by atoms with van der Waals surface area (Å²) >= 11 is 0. The first-order valence-electron chi connectivity index (χ1n) is 6.00. The molecule has 0 fully saturated rings. The van der Waals surface area contributed by atoms with Crippen molar-refractivity contribution in [3.05, 3.63) is 59.7 Å². The Balaban J connectivity index is 2.15. The van der Waals surface area contributed by atoms with Gasteiger partial charge >= 0.3 is 5.97 Å². The minimum atomic E-state index is -0.353. The van der Waals surface area contributed by atoms with Gasteiger partial charge in [0.15, 0.2) is 0 Å². The summed E-state index contributed by atoms with van der Waals surface area (Å²) in [6.45, 7) is 2.13. The van der Waals surface area contributed by atoms with Crippen molar-refractivity contribution in [3.63, 3.8) is 0 Å². The van der Waals surface area contributed by atoms with Gasteiger partial charge in [-0.05, 0) is 36.2 Å². The average Bonchev–Trinajstić information content (AvgIpc) is 2.47. The fraction of sp³-hybridized carbons (Fsp3) is 0.133. The van der Waals surface area contributed by atoms with Crippen molar-refractivity contribution in [1.82, 2.24) is 9.97 Å². The van der Waals surface area contributed by atoms with E-state index < -0.39 is 0 Å². The van der Waals surface area contributed by atoms with Crippen molar-refractivity contribution in [3.8, 4) is 0 Å². The fourth-order valence-electron chi connectivity index (χ4n) is 1.54. The molecule has 0 N–H and O–H groups in total. The zero-order valence-electron chi connectivity index (χ0n) is 10.6. The van der Waals surface area contributed by atoms with Gasteiger partial charge in [-0.1, -0.05) is 12.2 Å². The van der Waals surface area contributed by atoms with Gasteiger partial charge in [0.25, 0.3) is 0 Å². The smallest absolute Gasteiger partial charge is 0.339 e. The van der Waals surface area contributed by atoms with Crippen LogP contribution >= 0.6 is 0 Å². The van der Waals surface area contributed by atoms with Gasteiger partial charge in [-0.15, -0.1) is 0 Å². The first-order chi connectivity index (χ1) is 9.29. The largest absolute Gasteiger partial charge is 0.462 e. The Morgan fingerprint density at radius 3 is 2.63 bits per heavy atom. The van der Waals surface area contributed by atoms with Crippen molar-refractivity contribution < 1.29 is 9.53 Å². The first-order valence-corrected chi connectivity index (χ1v) is 6.00. The van der Waals surface area contributed by atoms with E-state index in [1.165, 1.54) is 6.20 Å². The number of aromatic nitrogens is 2. The zero-order valence-corrected chi connectivity index (χ0v) is 10.6. The number of nitrogens with zero attached hydrogens (tertiary/aromatic N) is 2. The number of hydrogen-bond acceptors (Lipinski definition) is 4. The standard InChI is InChI=1S/C15H14N2O2/c1-2-19-15(18)14-9-13(10-17-11-14)4-3-12-5-7-16-8-6-12/h3-11H,2H2,1H3. The van der Waals surface area contributed by atoms with Gasteiger partial charge in [-0.2, -0.15) is 0 Å². The average molecular weight is 254 g/mol. The van der Waals surface area contributed by atoms with E-state index in [9.17, 15) is 4.79 Å². The van der Waals surface area contributed by atoms with Crippen LogP contribution in [0.5, 0.6) is 0 Å². The highest BCUT2D eigenvalue weighted by atomic mass is 16.5. The van der Waals surface area contributed by atoms with E-state index in [1.54, 1.807) is 31.6 Å². The minimum Gasteiger partial charge on any atom is -0.462 e. The van der Waals surface area contributed by atoms with E-state index in [1.807, 2.05) is 24.3 Å². The number of esters is 1. The highest BCUT2D eigenvalue weighted by Gasteiger charge is 2.06. The van der Waals surface area contributed by atoms with Crippen LogP contribution in [0.3, 0.4) is 0 Å². The molecular weight excluding hydrogens is 240 g/mol. The van der Waals surface area contributed by atoms with Gasteiger partial charge in [0.1, 0.15) is 0 Å². The molecule has 0 aromatic carbocycles. The van der Waals surface area contributed by atoms with Crippen molar-refractivity contribution in [2.45, 2.75) is 6.92 Å². The molecule has 19 heavy (non-hydrogen) atoms. The third-order valence-electron chi connectivity index (χ3n) is 2.44. The van der Waals surface area contributed by atoms with E-state index in [-0.39, 0.29) is 5.97 Å². The number of ether oxygens (including phenoxy) is 1. The Morgan fingerprint density at radius 2 is 1.89 bits per heavy atom. The summed E-state index contributed by atoms with van der Waals surface area (Å²) in [5.74, 6) is -0.353. The predicted molar refractivity (Wildman–Crippen MR) is 73.4 cm³/mol. The molecule has 0 amide bonds. The topological polar surface area (TPSA) is 52.1 Å².